The van der Waals surface area contributed by atoms with Gasteiger partial charge >= 0.3 is 0 Å². The summed E-state index contributed by atoms with van der Waals surface area (Å²) < 4.78 is 43.9. The third-order valence-corrected chi connectivity index (χ3v) is 4.10. The molecule has 0 spiro atoms. The largest absolute Gasteiger partial charge is 0.489 e. The second-order valence-electron chi connectivity index (χ2n) is 4.55. The Morgan fingerprint density at radius 1 is 1.40 bits per heavy atom. The third-order valence-electron chi connectivity index (χ3n) is 2.42. The molecule has 0 saturated carbocycles. The molecule has 0 unspecified atom stereocenters. The van der Waals surface area contributed by atoms with Gasteiger partial charge in [-0.05, 0) is 38.1 Å². The highest BCUT2D eigenvalue weighted by molar-refractivity contribution is 7.89. The molecule has 0 heterocycles. The lowest BCUT2D eigenvalue weighted by Gasteiger charge is -2.10. The molecule has 0 bridgehead atoms. The van der Waals surface area contributed by atoms with E-state index in [2.05, 4.69) is 10.5 Å². The number of rotatable bonds is 7. The molecule has 5 nitrogen and oxygen atoms in total. The maximum atomic E-state index is 12.3. The minimum absolute atomic E-state index is 0.0936. The van der Waals surface area contributed by atoms with Crippen molar-refractivity contribution >= 4 is 10.0 Å². The molecular weight excluding hydrogens is 283 g/mol. The Kier molecular flexibility index (Phi) is 6.12. The zero-order valence-corrected chi connectivity index (χ0v) is 12.4. The number of nitrogens with one attached hydrogen (secondary N) is 1. The van der Waals surface area contributed by atoms with Gasteiger partial charge in [0.25, 0.3) is 0 Å². The van der Waals surface area contributed by atoms with Gasteiger partial charge in [0.05, 0.1) is 11.2 Å². The molecule has 0 aliphatic heterocycles. The number of sulfonamides is 1. The summed E-state index contributed by atoms with van der Waals surface area (Å²) in [5.74, 6) is 0.473. The first-order valence-electron chi connectivity index (χ1n) is 6.21. The molecule has 0 atom stereocenters. The Bertz CT molecular complexity index is 553. The molecule has 0 aliphatic carbocycles. The van der Waals surface area contributed by atoms with Gasteiger partial charge in [-0.15, -0.1) is 0 Å². The van der Waals surface area contributed by atoms with Gasteiger partial charge in [-0.3, -0.25) is 0 Å². The van der Waals surface area contributed by atoms with Gasteiger partial charge in [-0.25, -0.2) is 17.5 Å². The van der Waals surface area contributed by atoms with Crippen molar-refractivity contribution in [2.75, 3.05) is 13.2 Å². The molecule has 20 heavy (non-hydrogen) atoms. The predicted octanol–water partition coefficient (Wildman–Crippen LogP) is 0.847. The van der Waals surface area contributed by atoms with Crippen LogP contribution < -0.4 is 15.2 Å². The van der Waals surface area contributed by atoms with Crippen LogP contribution in [0.25, 0.3) is 0 Å². The summed E-state index contributed by atoms with van der Waals surface area (Å²) in [5.41, 5.74) is 4.00. The number of hydrogen-bond acceptors (Lipinski definition) is 3. The fourth-order valence-corrected chi connectivity index (χ4v) is 2.68. The Labute approximate surface area is 118 Å². The smallest absolute Gasteiger partial charge is 0.240 e. The van der Waals surface area contributed by atoms with E-state index < -0.39 is 10.0 Å². The summed E-state index contributed by atoms with van der Waals surface area (Å²) in [4.78, 5) is 0.164. The minimum atomic E-state index is -3.50. The predicted molar refractivity (Wildman–Crippen MR) is 74.3 cm³/mol. The summed E-state index contributed by atoms with van der Waals surface area (Å²) in [6.45, 7) is 3.91. The summed E-state index contributed by atoms with van der Waals surface area (Å²) in [6.07, 6.45) is 0.471. The van der Waals surface area contributed by atoms with Crippen LogP contribution in [-0.2, 0) is 10.0 Å². The van der Waals surface area contributed by atoms with Crippen molar-refractivity contribution in [1.82, 2.24) is 4.72 Å². The second-order valence-corrected chi connectivity index (χ2v) is 6.27. The summed E-state index contributed by atoms with van der Waals surface area (Å²) in [6, 6.07) is 5.79. The van der Waals surface area contributed by atoms with Crippen LogP contribution in [0.4, 0.5) is 4.39 Å². The SMILES string of the molecule is CC(C)NS(=O)(=O)c1ccc(OCC(=CF)C[NH3+])cc1. The maximum absolute atomic E-state index is 12.3. The van der Waals surface area contributed by atoms with E-state index in [0.29, 0.717) is 24.2 Å². The topological polar surface area (TPSA) is 83.0 Å². The number of halogens is 1. The van der Waals surface area contributed by atoms with Crippen molar-refractivity contribution in [3.8, 4) is 5.75 Å². The number of ether oxygens (including phenoxy) is 1. The van der Waals surface area contributed by atoms with Gasteiger partial charge < -0.3 is 10.5 Å². The van der Waals surface area contributed by atoms with Crippen LogP contribution in [-0.4, -0.2) is 27.6 Å². The lowest BCUT2D eigenvalue weighted by Crippen LogP contribution is -2.51. The molecule has 0 aliphatic rings. The first-order valence-corrected chi connectivity index (χ1v) is 7.70. The Morgan fingerprint density at radius 3 is 2.45 bits per heavy atom. The van der Waals surface area contributed by atoms with E-state index in [-0.39, 0.29) is 17.5 Å². The average molecular weight is 303 g/mol. The van der Waals surface area contributed by atoms with Crippen LogP contribution in [0.5, 0.6) is 5.75 Å². The summed E-state index contributed by atoms with van der Waals surface area (Å²) in [7, 11) is -3.50. The van der Waals surface area contributed by atoms with Crippen molar-refractivity contribution in [1.29, 1.82) is 0 Å². The zero-order chi connectivity index (χ0) is 15.2. The van der Waals surface area contributed by atoms with Crippen LogP contribution in [0.15, 0.2) is 41.1 Å². The van der Waals surface area contributed by atoms with Crippen LogP contribution in [0, 0.1) is 0 Å². The van der Waals surface area contributed by atoms with Gasteiger partial charge in [-0.1, -0.05) is 0 Å². The van der Waals surface area contributed by atoms with E-state index in [1.807, 2.05) is 0 Å². The fraction of sp³-hybridized carbons (Fsp3) is 0.385. The van der Waals surface area contributed by atoms with Crippen molar-refractivity contribution in [2.24, 2.45) is 0 Å². The quantitative estimate of drug-likeness (QED) is 0.783. The van der Waals surface area contributed by atoms with Crippen molar-refractivity contribution in [3.63, 3.8) is 0 Å². The first kappa shape index (κ1) is 16.6. The average Bonchev–Trinajstić information content (AvgIpc) is 2.39. The van der Waals surface area contributed by atoms with E-state index in [1.54, 1.807) is 13.8 Å². The highest BCUT2D eigenvalue weighted by Gasteiger charge is 2.15. The first-order chi connectivity index (χ1) is 9.39. The van der Waals surface area contributed by atoms with Gasteiger partial charge in [0.1, 0.15) is 18.9 Å². The molecule has 4 N–H and O–H groups in total. The molecule has 1 aromatic carbocycles. The molecule has 0 saturated heterocycles. The van der Waals surface area contributed by atoms with Crippen molar-refractivity contribution in [3.05, 3.63) is 36.2 Å². The molecule has 0 radical (unpaired) electrons. The molecule has 7 heteroatoms. The Morgan fingerprint density at radius 2 is 2.00 bits per heavy atom. The monoisotopic (exact) mass is 303 g/mol. The van der Waals surface area contributed by atoms with Crippen LogP contribution in [0.2, 0.25) is 0 Å². The highest BCUT2D eigenvalue weighted by atomic mass is 32.2. The van der Waals surface area contributed by atoms with E-state index in [0.717, 1.165) is 0 Å². The molecule has 0 amide bonds. The molecule has 1 aromatic rings. The summed E-state index contributed by atoms with van der Waals surface area (Å²) >= 11 is 0. The summed E-state index contributed by atoms with van der Waals surface area (Å²) in [5, 5.41) is 0. The van der Waals surface area contributed by atoms with Crippen LogP contribution >= 0.6 is 0 Å². The molecule has 0 aromatic heterocycles. The molecule has 0 fully saturated rings. The Hall–Kier alpha value is -1.44. The number of hydrogen-bond donors (Lipinski definition) is 2. The highest BCUT2D eigenvalue weighted by Crippen LogP contribution is 2.16. The second kappa shape index (κ2) is 7.37. The normalized spacial score (nSPS) is 12.8. The molecular formula is C13H20FN2O3S+. The maximum Gasteiger partial charge on any atom is 0.240 e. The van der Waals surface area contributed by atoms with E-state index >= 15 is 0 Å². The Balaban J connectivity index is 2.74. The molecule has 112 valence electrons. The lowest BCUT2D eigenvalue weighted by atomic mass is 10.3. The van der Waals surface area contributed by atoms with Crippen molar-refractivity contribution < 1.29 is 23.3 Å². The minimum Gasteiger partial charge on any atom is -0.489 e. The zero-order valence-electron chi connectivity index (χ0n) is 11.6. The van der Waals surface area contributed by atoms with Crippen LogP contribution in [0.1, 0.15) is 13.8 Å². The number of quaternary nitrogens is 1. The standard InChI is InChI=1S/C13H19FN2O3S/c1-10(2)16-20(17,18)13-5-3-12(4-6-13)19-9-11(7-14)8-15/h3-7,10,16H,8-9,15H2,1-2H3/p+1. The van der Waals surface area contributed by atoms with E-state index in [4.69, 9.17) is 4.74 Å². The van der Waals surface area contributed by atoms with Gasteiger partial charge in [0.2, 0.25) is 10.0 Å². The fourth-order valence-electron chi connectivity index (χ4n) is 1.43. The third kappa shape index (κ3) is 4.92. The van der Waals surface area contributed by atoms with E-state index in [1.165, 1.54) is 24.3 Å². The van der Waals surface area contributed by atoms with Gasteiger partial charge in [0, 0.05) is 11.6 Å². The van der Waals surface area contributed by atoms with Crippen molar-refractivity contribution in [2.45, 2.75) is 24.8 Å². The van der Waals surface area contributed by atoms with E-state index in [9.17, 15) is 12.8 Å². The van der Waals surface area contributed by atoms with Crippen LogP contribution in [0.3, 0.4) is 0 Å². The number of benzene rings is 1. The lowest BCUT2D eigenvalue weighted by molar-refractivity contribution is -0.356. The van der Waals surface area contributed by atoms with Gasteiger partial charge in [0.15, 0.2) is 0 Å². The van der Waals surface area contributed by atoms with Gasteiger partial charge in [-0.2, -0.15) is 0 Å². The molecule has 1 rings (SSSR count).